The Bertz CT molecular complexity index is 704. The van der Waals surface area contributed by atoms with E-state index in [9.17, 15) is 14.0 Å². The second-order valence-electron chi connectivity index (χ2n) is 5.66. The lowest BCUT2D eigenvalue weighted by Gasteiger charge is -2.22. The zero-order valence-electron chi connectivity index (χ0n) is 13.5. The third-order valence-corrected chi connectivity index (χ3v) is 3.40. The zero-order valence-corrected chi connectivity index (χ0v) is 13.5. The molecule has 6 heteroatoms. The molecule has 3 N–H and O–H groups in total. The minimum Gasteiger partial charge on any atom is -0.326 e. The highest BCUT2D eigenvalue weighted by Gasteiger charge is 2.25. The van der Waals surface area contributed by atoms with Crippen LogP contribution in [-0.2, 0) is 4.79 Å². The minimum absolute atomic E-state index is 0.0819. The molecule has 0 saturated heterocycles. The molecule has 2 aromatic carbocycles. The van der Waals surface area contributed by atoms with Gasteiger partial charge in [-0.05, 0) is 30.2 Å². The molecule has 0 heterocycles. The number of urea groups is 1. The summed E-state index contributed by atoms with van der Waals surface area (Å²) in [4.78, 5) is 24.4. The highest BCUT2D eigenvalue weighted by molar-refractivity contribution is 5.99. The van der Waals surface area contributed by atoms with Crippen LogP contribution in [0.5, 0.6) is 0 Å². The summed E-state index contributed by atoms with van der Waals surface area (Å²) in [6, 6.07) is 13.5. The molecule has 0 aliphatic heterocycles. The van der Waals surface area contributed by atoms with Gasteiger partial charge in [-0.25, -0.2) is 9.18 Å². The van der Waals surface area contributed by atoms with E-state index in [1.807, 2.05) is 6.07 Å². The number of nitrogens with one attached hydrogen (secondary N) is 3. The number of amides is 3. The second kappa shape index (κ2) is 8.10. The lowest BCUT2D eigenvalue weighted by atomic mass is 10.0. The van der Waals surface area contributed by atoms with Gasteiger partial charge in [0, 0.05) is 5.69 Å². The van der Waals surface area contributed by atoms with Crippen LogP contribution in [0, 0.1) is 11.7 Å². The number of hydrogen-bond acceptors (Lipinski definition) is 2. The summed E-state index contributed by atoms with van der Waals surface area (Å²) in [7, 11) is 0. The van der Waals surface area contributed by atoms with E-state index >= 15 is 0 Å². The van der Waals surface area contributed by atoms with Crippen LogP contribution in [-0.4, -0.2) is 18.0 Å². The monoisotopic (exact) mass is 329 g/mol. The van der Waals surface area contributed by atoms with E-state index in [-0.39, 0.29) is 11.6 Å². The SMILES string of the molecule is CC(C)C(NC(=O)Nc1ccccc1)C(=O)Nc1ccccc1F. The fraction of sp³-hybridized carbons (Fsp3) is 0.222. The number of halogens is 1. The van der Waals surface area contributed by atoms with Crippen molar-refractivity contribution in [1.82, 2.24) is 5.32 Å². The van der Waals surface area contributed by atoms with Crippen molar-refractivity contribution in [1.29, 1.82) is 0 Å². The molecule has 0 aliphatic rings. The van der Waals surface area contributed by atoms with Crippen LogP contribution < -0.4 is 16.0 Å². The summed E-state index contributed by atoms with van der Waals surface area (Å²) in [5.41, 5.74) is 0.699. The Balaban J connectivity index is 2.02. The number of benzene rings is 2. The van der Waals surface area contributed by atoms with Crippen LogP contribution in [0.2, 0.25) is 0 Å². The molecule has 0 radical (unpaired) electrons. The smallest absolute Gasteiger partial charge is 0.319 e. The summed E-state index contributed by atoms with van der Waals surface area (Å²) < 4.78 is 13.7. The lowest BCUT2D eigenvalue weighted by Crippen LogP contribution is -2.48. The largest absolute Gasteiger partial charge is 0.326 e. The topological polar surface area (TPSA) is 70.2 Å². The van der Waals surface area contributed by atoms with E-state index in [2.05, 4.69) is 16.0 Å². The van der Waals surface area contributed by atoms with Crippen molar-refractivity contribution >= 4 is 23.3 Å². The first-order chi connectivity index (χ1) is 11.5. The predicted molar refractivity (Wildman–Crippen MR) is 92.3 cm³/mol. The number of hydrogen-bond donors (Lipinski definition) is 3. The molecular formula is C18H20FN3O2. The molecule has 24 heavy (non-hydrogen) atoms. The van der Waals surface area contributed by atoms with Crippen molar-refractivity contribution in [2.45, 2.75) is 19.9 Å². The van der Waals surface area contributed by atoms with Crippen molar-refractivity contribution in [2.24, 2.45) is 5.92 Å². The van der Waals surface area contributed by atoms with Crippen molar-refractivity contribution in [3.8, 4) is 0 Å². The third-order valence-electron chi connectivity index (χ3n) is 3.40. The van der Waals surface area contributed by atoms with Crippen LogP contribution in [0.15, 0.2) is 54.6 Å². The van der Waals surface area contributed by atoms with E-state index < -0.39 is 23.8 Å². The molecule has 3 amide bonds. The molecule has 1 atom stereocenters. The maximum absolute atomic E-state index is 13.7. The summed E-state index contributed by atoms with van der Waals surface area (Å²) >= 11 is 0. The second-order valence-corrected chi connectivity index (χ2v) is 5.66. The molecule has 2 aromatic rings. The van der Waals surface area contributed by atoms with Gasteiger partial charge in [-0.15, -0.1) is 0 Å². The molecule has 0 spiro atoms. The molecule has 1 unspecified atom stereocenters. The average Bonchev–Trinajstić information content (AvgIpc) is 2.55. The standard InChI is InChI=1S/C18H20FN3O2/c1-12(2)16(17(23)21-15-11-7-6-10-14(15)19)22-18(24)20-13-8-4-3-5-9-13/h3-12,16H,1-2H3,(H,21,23)(H2,20,22,24). The minimum atomic E-state index is -0.798. The number of carbonyl (C=O) groups is 2. The van der Waals surface area contributed by atoms with Crippen LogP contribution >= 0.6 is 0 Å². The number of rotatable bonds is 5. The molecule has 5 nitrogen and oxygen atoms in total. The molecule has 0 bridgehead atoms. The Kier molecular flexibility index (Phi) is 5.89. The number of para-hydroxylation sites is 2. The Hall–Kier alpha value is -2.89. The predicted octanol–water partition coefficient (Wildman–Crippen LogP) is 3.61. The fourth-order valence-corrected chi connectivity index (χ4v) is 2.14. The molecular weight excluding hydrogens is 309 g/mol. The Morgan fingerprint density at radius 1 is 0.917 bits per heavy atom. The average molecular weight is 329 g/mol. The highest BCUT2D eigenvalue weighted by atomic mass is 19.1. The summed E-state index contributed by atoms with van der Waals surface area (Å²) in [5.74, 6) is -1.17. The fourth-order valence-electron chi connectivity index (χ4n) is 2.14. The van der Waals surface area contributed by atoms with Crippen molar-refractivity contribution < 1.29 is 14.0 Å². The summed E-state index contributed by atoms with van der Waals surface area (Å²) in [6.07, 6.45) is 0. The van der Waals surface area contributed by atoms with Gasteiger partial charge >= 0.3 is 6.03 Å². The zero-order chi connectivity index (χ0) is 17.5. The van der Waals surface area contributed by atoms with Crippen LogP contribution in [0.1, 0.15) is 13.8 Å². The normalized spacial score (nSPS) is 11.7. The number of anilines is 2. The lowest BCUT2D eigenvalue weighted by molar-refractivity contribution is -0.118. The quantitative estimate of drug-likeness (QED) is 0.784. The van der Waals surface area contributed by atoms with Gasteiger partial charge in [0.15, 0.2) is 0 Å². The number of carbonyl (C=O) groups excluding carboxylic acids is 2. The first-order valence-corrected chi connectivity index (χ1v) is 7.65. The molecule has 0 fully saturated rings. The Labute approximate surface area is 140 Å². The van der Waals surface area contributed by atoms with Crippen LogP contribution in [0.3, 0.4) is 0 Å². The van der Waals surface area contributed by atoms with Gasteiger partial charge in [0.05, 0.1) is 5.69 Å². The van der Waals surface area contributed by atoms with Gasteiger partial charge in [0.2, 0.25) is 5.91 Å². The Morgan fingerprint density at radius 3 is 2.17 bits per heavy atom. The molecule has 0 saturated carbocycles. The van der Waals surface area contributed by atoms with E-state index in [1.165, 1.54) is 18.2 Å². The summed E-state index contributed by atoms with van der Waals surface area (Å²) in [6.45, 7) is 3.60. The van der Waals surface area contributed by atoms with E-state index in [4.69, 9.17) is 0 Å². The van der Waals surface area contributed by atoms with E-state index in [1.54, 1.807) is 44.2 Å². The van der Waals surface area contributed by atoms with Crippen LogP contribution in [0.25, 0.3) is 0 Å². The van der Waals surface area contributed by atoms with Gasteiger partial charge in [-0.1, -0.05) is 44.2 Å². The van der Waals surface area contributed by atoms with Crippen molar-refractivity contribution in [3.05, 3.63) is 60.4 Å². The van der Waals surface area contributed by atoms with Gasteiger partial charge in [0.1, 0.15) is 11.9 Å². The third kappa shape index (κ3) is 4.81. The van der Waals surface area contributed by atoms with Crippen molar-refractivity contribution in [2.75, 3.05) is 10.6 Å². The van der Waals surface area contributed by atoms with Gasteiger partial charge in [-0.3, -0.25) is 4.79 Å². The van der Waals surface area contributed by atoms with E-state index in [0.29, 0.717) is 5.69 Å². The maximum atomic E-state index is 13.7. The summed E-state index contributed by atoms with van der Waals surface area (Å²) in [5, 5.41) is 7.78. The van der Waals surface area contributed by atoms with Gasteiger partial charge in [0.25, 0.3) is 0 Å². The first kappa shape index (κ1) is 17.5. The van der Waals surface area contributed by atoms with Gasteiger partial charge < -0.3 is 16.0 Å². The van der Waals surface area contributed by atoms with Crippen LogP contribution in [0.4, 0.5) is 20.6 Å². The maximum Gasteiger partial charge on any atom is 0.319 e. The van der Waals surface area contributed by atoms with Gasteiger partial charge in [-0.2, -0.15) is 0 Å². The Morgan fingerprint density at radius 2 is 1.54 bits per heavy atom. The molecule has 0 aliphatic carbocycles. The molecule has 0 aromatic heterocycles. The molecule has 126 valence electrons. The molecule has 2 rings (SSSR count). The highest BCUT2D eigenvalue weighted by Crippen LogP contribution is 2.14. The first-order valence-electron chi connectivity index (χ1n) is 7.65. The van der Waals surface area contributed by atoms with E-state index in [0.717, 1.165) is 0 Å². The van der Waals surface area contributed by atoms with Crippen molar-refractivity contribution in [3.63, 3.8) is 0 Å².